The molecule has 0 radical (unpaired) electrons. The van der Waals surface area contributed by atoms with Gasteiger partial charge < -0.3 is 14.8 Å². The Bertz CT molecular complexity index is 803. The Kier molecular flexibility index (Phi) is 4.75. The molecule has 1 fully saturated rings. The molecular formula is C20H21FN2O3. The molecule has 6 heteroatoms. The number of likely N-dealkylation sites (tertiary alicyclic amines) is 1. The third kappa shape index (κ3) is 3.65. The second-order valence-electron chi connectivity index (χ2n) is 6.69. The first kappa shape index (κ1) is 16.8. The zero-order chi connectivity index (χ0) is 17.9. The van der Waals surface area contributed by atoms with E-state index in [1.54, 1.807) is 18.2 Å². The number of para-hydroxylation sites is 1. The van der Waals surface area contributed by atoms with Crippen LogP contribution in [0.3, 0.4) is 0 Å². The molecule has 1 saturated heterocycles. The average molecular weight is 356 g/mol. The number of carbonyl (C=O) groups is 1. The van der Waals surface area contributed by atoms with E-state index in [1.807, 2.05) is 6.07 Å². The summed E-state index contributed by atoms with van der Waals surface area (Å²) in [5.41, 5.74) is 1.48. The first-order valence-electron chi connectivity index (χ1n) is 8.85. The minimum Gasteiger partial charge on any atom is -0.454 e. The van der Waals surface area contributed by atoms with Crippen LogP contribution in [0.4, 0.5) is 10.1 Å². The summed E-state index contributed by atoms with van der Waals surface area (Å²) in [7, 11) is 0. The maximum absolute atomic E-state index is 13.6. The van der Waals surface area contributed by atoms with Gasteiger partial charge in [-0.05, 0) is 61.7 Å². The van der Waals surface area contributed by atoms with Crippen molar-refractivity contribution >= 4 is 11.6 Å². The largest absolute Gasteiger partial charge is 0.454 e. The highest BCUT2D eigenvalue weighted by atomic mass is 19.1. The molecule has 136 valence electrons. The van der Waals surface area contributed by atoms with E-state index < -0.39 is 5.82 Å². The van der Waals surface area contributed by atoms with Crippen LogP contribution in [0, 0.1) is 5.82 Å². The van der Waals surface area contributed by atoms with Crippen LogP contribution in [0.2, 0.25) is 0 Å². The summed E-state index contributed by atoms with van der Waals surface area (Å²) < 4.78 is 24.4. The van der Waals surface area contributed by atoms with Gasteiger partial charge in [-0.15, -0.1) is 0 Å². The van der Waals surface area contributed by atoms with Gasteiger partial charge in [-0.25, -0.2) is 4.39 Å². The quantitative estimate of drug-likeness (QED) is 0.913. The van der Waals surface area contributed by atoms with Crippen molar-refractivity contribution in [2.24, 2.45) is 0 Å². The maximum Gasteiger partial charge on any atom is 0.238 e. The van der Waals surface area contributed by atoms with E-state index in [-0.39, 0.29) is 24.9 Å². The topological polar surface area (TPSA) is 50.8 Å². The van der Waals surface area contributed by atoms with Gasteiger partial charge in [-0.1, -0.05) is 18.2 Å². The highest BCUT2D eigenvalue weighted by Gasteiger charge is 2.24. The molecule has 0 unspecified atom stereocenters. The number of halogens is 1. The van der Waals surface area contributed by atoms with Gasteiger partial charge in [0.2, 0.25) is 12.7 Å². The van der Waals surface area contributed by atoms with Crippen LogP contribution < -0.4 is 14.8 Å². The number of nitrogens with zero attached hydrogens (tertiary/aromatic N) is 1. The van der Waals surface area contributed by atoms with E-state index in [9.17, 15) is 9.18 Å². The molecule has 2 aliphatic rings. The molecule has 0 bridgehead atoms. The number of ether oxygens (including phenoxy) is 2. The number of benzene rings is 2. The predicted molar refractivity (Wildman–Crippen MR) is 96.0 cm³/mol. The van der Waals surface area contributed by atoms with Crippen molar-refractivity contribution in [2.45, 2.75) is 18.8 Å². The number of hydrogen-bond donors (Lipinski definition) is 1. The van der Waals surface area contributed by atoms with Crippen molar-refractivity contribution in [1.82, 2.24) is 4.90 Å². The minimum absolute atomic E-state index is 0.184. The summed E-state index contributed by atoms with van der Waals surface area (Å²) in [5, 5.41) is 2.64. The number of anilines is 1. The molecule has 4 rings (SSSR count). The highest BCUT2D eigenvalue weighted by Crippen LogP contribution is 2.37. The molecule has 0 spiro atoms. The summed E-state index contributed by atoms with van der Waals surface area (Å²) >= 11 is 0. The molecular weight excluding hydrogens is 335 g/mol. The Labute approximate surface area is 151 Å². The van der Waals surface area contributed by atoms with E-state index in [2.05, 4.69) is 22.3 Å². The summed E-state index contributed by atoms with van der Waals surface area (Å²) in [6.45, 7) is 2.24. The summed E-state index contributed by atoms with van der Waals surface area (Å²) in [6.07, 6.45) is 1.96. The SMILES string of the molecule is O=C(CN1CCC(c2ccc3c(c2)OCO3)CC1)Nc1ccccc1F. The number of piperidine rings is 1. The lowest BCUT2D eigenvalue weighted by atomic mass is 9.89. The number of amides is 1. The minimum atomic E-state index is -0.414. The van der Waals surface area contributed by atoms with Crippen LogP contribution in [0.25, 0.3) is 0 Å². The second-order valence-corrected chi connectivity index (χ2v) is 6.69. The van der Waals surface area contributed by atoms with Gasteiger partial charge in [-0.3, -0.25) is 9.69 Å². The fourth-order valence-electron chi connectivity index (χ4n) is 3.55. The third-order valence-corrected chi connectivity index (χ3v) is 4.97. The van der Waals surface area contributed by atoms with Gasteiger partial charge in [0.25, 0.3) is 0 Å². The van der Waals surface area contributed by atoms with Gasteiger partial charge in [0.05, 0.1) is 12.2 Å². The molecule has 1 amide bonds. The van der Waals surface area contributed by atoms with Crippen LogP contribution in [0.15, 0.2) is 42.5 Å². The monoisotopic (exact) mass is 356 g/mol. The van der Waals surface area contributed by atoms with Crippen LogP contribution >= 0.6 is 0 Å². The Morgan fingerprint density at radius 3 is 2.69 bits per heavy atom. The number of carbonyl (C=O) groups excluding carboxylic acids is 1. The molecule has 26 heavy (non-hydrogen) atoms. The van der Waals surface area contributed by atoms with E-state index in [1.165, 1.54) is 11.6 Å². The number of rotatable bonds is 4. The standard InChI is InChI=1S/C20H21FN2O3/c21-16-3-1-2-4-17(16)22-20(24)12-23-9-7-14(8-10-23)15-5-6-18-19(11-15)26-13-25-18/h1-6,11,14H,7-10,12-13H2,(H,22,24). The van der Waals surface area contributed by atoms with Crippen LogP contribution in [0.5, 0.6) is 11.5 Å². The fourth-order valence-corrected chi connectivity index (χ4v) is 3.55. The van der Waals surface area contributed by atoms with E-state index in [0.29, 0.717) is 5.92 Å². The van der Waals surface area contributed by atoms with Gasteiger partial charge in [0.1, 0.15) is 5.82 Å². The summed E-state index contributed by atoms with van der Waals surface area (Å²) in [5.74, 6) is 1.47. The molecule has 0 atom stereocenters. The normalized spacial score (nSPS) is 17.3. The average Bonchev–Trinajstić information content (AvgIpc) is 3.12. The Balaban J connectivity index is 1.30. The molecule has 1 N–H and O–H groups in total. The number of nitrogens with one attached hydrogen (secondary N) is 1. The van der Waals surface area contributed by atoms with Crippen LogP contribution in [-0.4, -0.2) is 37.2 Å². The van der Waals surface area contributed by atoms with Crippen LogP contribution in [-0.2, 0) is 4.79 Å². The van der Waals surface area contributed by atoms with E-state index in [0.717, 1.165) is 37.4 Å². The van der Waals surface area contributed by atoms with E-state index >= 15 is 0 Å². The first-order valence-corrected chi connectivity index (χ1v) is 8.85. The highest BCUT2D eigenvalue weighted by molar-refractivity contribution is 5.92. The Morgan fingerprint density at radius 1 is 1.12 bits per heavy atom. The molecule has 2 aromatic carbocycles. The zero-order valence-corrected chi connectivity index (χ0v) is 14.4. The lowest BCUT2D eigenvalue weighted by molar-refractivity contribution is -0.117. The number of fused-ring (bicyclic) bond motifs is 1. The molecule has 0 saturated carbocycles. The van der Waals surface area contributed by atoms with E-state index in [4.69, 9.17) is 9.47 Å². The Morgan fingerprint density at radius 2 is 1.88 bits per heavy atom. The molecule has 2 heterocycles. The molecule has 2 aromatic rings. The van der Waals surface area contributed by atoms with Crippen molar-refractivity contribution in [1.29, 1.82) is 0 Å². The van der Waals surface area contributed by atoms with Crippen molar-refractivity contribution < 1.29 is 18.7 Å². The third-order valence-electron chi connectivity index (χ3n) is 4.97. The van der Waals surface area contributed by atoms with Crippen LogP contribution in [0.1, 0.15) is 24.3 Å². The molecule has 0 aliphatic carbocycles. The zero-order valence-electron chi connectivity index (χ0n) is 14.4. The van der Waals surface area contributed by atoms with Gasteiger partial charge in [0, 0.05) is 0 Å². The van der Waals surface area contributed by atoms with Crippen molar-refractivity contribution in [3.63, 3.8) is 0 Å². The lowest BCUT2D eigenvalue weighted by Gasteiger charge is -2.31. The number of hydrogen-bond acceptors (Lipinski definition) is 4. The molecule has 5 nitrogen and oxygen atoms in total. The van der Waals surface area contributed by atoms with Gasteiger partial charge >= 0.3 is 0 Å². The maximum atomic E-state index is 13.6. The van der Waals surface area contributed by atoms with Gasteiger partial charge in [0.15, 0.2) is 11.5 Å². The first-order chi connectivity index (χ1) is 12.7. The predicted octanol–water partition coefficient (Wildman–Crippen LogP) is 3.37. The molecule has 0 aromatic heterocycles. The summed E-state index contributed by atoms with van der Waals surface area (Å²) in [4.78, 5) is 14.3. The van der Waals surface area contributed by atoms with Crippen molar-refractivity contribution in [3.8, 4) is 11.5 Å². The molecule has 2 aliphatic heterocycles. The smallest absolute Gasteiger partial charge is 0.238 e. The second kappa shape index (κ2) is 7.33. The lowest BCUT2D eigenvalue weighted by Crippen LogP contribution is -2.38. The van der Waals surface area contributed by atoms with Gasteiger partial charge in [-0.2, -0.15) is 0 Å². The fraction of sp³-hybridized carbons (Fsp3) is 0.350. The summed E-state index contributed by atoms with van der Waals surface area (Å²) in [6, 6.07) is 12.3. The van der Waals surface area contributed by atoms with Crippen molar-refractivity contribution in [2.75, 3.05) is 31.7 Å². The van der Waals surface area contributed by atoms with Crippen molar-refractivity contribution in [3.05, 3.63) is 53.8 Å². The Hall–Kier alpha value is -2.60.